The van der Waals surface area contributed by atoms with Gasteiger partial charge in [0.05, 0.1) is 18.3 Å². The lowest BCUT2D eigenvalue weighted by Crippen LogP contribution is -2.33. The minimum absolute atomic E-state index is 0.0280. The maximum absolute atomic E-state index is 12.3. The first-order valence-electron chi connectivity index (χ1n) is 9.96. The summed E-state index contributed by atoms with van der Waals surface area (Å²) < 4.78 is 5.55. The van der Waals surface area contributed by atoms with E-state index in [0.29, 0.717) is 43.4 Å². The predicted molar refractivity (Wildman–Crippen MR) is 116 cm³/mol. The molecular weight excluding hydrogens is 388 g/mol. The van der Waals surface area contributed by atoms with Crippen molar-refractivity contribution in [1.29, 1.82) is 0 Å². The standard InChI is InChI=1S/C22H27ClN4O2/c1-4-20-25-19-12-16(23)7-8-18(19)22(26-20)27(14-17-6-5-11-29-17)10-9-21(28)24-13-15(2)3/h5-8,11-12,15H,4,9-10,13-14H2,1-3H3,(H,24,28). The molecule has 0 radical (unpaired) electrons. The smallest absolute Gasteiger partial charge is 0.221 e. The fourth-order valence-electron chi connectivity index (χ4n) is 3.03. The number of anilines is 1. The molecule has 2 aromatic heterocycles. The highest BCUT2D eigenvalue weighted by molar-refractivity contribution is 6.31. The fourth-order valence-corrected chi connectivity index (χ4v) is 3.19. The van der Waals surface area contributed by atoms with Crippen molar-refractivity contribution in [2.75, 3.05) is 18.0 Å². The van der Waals surface area contributed by atoms with E-state index in [2.05, 4.69) is 29.0 Å². The van der Waals surface area contributed by atoms with Crippen LogP contribution in [0.25, 0.3) is 10.9 Å². The topological polar surface area (TPSA) is 71.3 Å². The van der Waals surface area contributed by atoms with Crippen LogP contribution in [0.2, 0.25) is 5.02 Å². The lowest BCUT2D eigenvalue weighted by atomic mass is 10.2. The van der Waals surface area contributed by atoms with Crippen molar-refractivity contribution in [3.05, 3.63) is 53.2 Å². The molecule has 0 fully saturated rings. The van der Waals surface area contributed by atoms with E-state index >= 15 is 0 Å². The highest BCUT2D eigenvalue weighted by Gasteiger charge is 2.17. The number of nitrogens with zero attached hydrogens (tertiary/aromatic N) is 3. The van der Waals surface area contributed by atoms with Gasteiger partial charge in [0.2, 0.25) is 5.91 Å². The molecule has 0 aliphatic carbocycles. The molecule has 0 saturated carbocycles. The highest BCUT2D eigenvalue weighted by atomic mass is 35.5. The number of benzene rings is 1. The number of carbonyl (C=O) groups excluding carboxylic acids is 1. The van der Waals surface area contributed by atoms with E-state index in [1.54, 1.807) is 6.26 Å². The van der Waals surface area contributed by atoms with Gasteiger partial charge in [0, 0.05) is 36.3 Å². The molecular formula is C22H27ClN4O2. The molecule has 0 atom stereocenters. The summed E-state index contributed by atoms with van der Waals surface area (Å²) in [5.74, 6) is 2.78. The first-order valence-corrected chi connectivity index (χ1v) is 10.3. The van der Waals surface area contributed by atoms with Crippen LogP contribution >= 0.6 is 11.6 Å². The highest BCUT2D eigenvalue weighted by Crippen LogP contribution is 2.28. The van der Waals surface area contributed by atoms with Gasteiger partial charge in [-0.3, -0.25) is 4.79 Å². The zero-order chi connectivity index (χ0) is 20.8. The number of furan rings is 1. The maximum atomic E-state index is 12.3. The van der Waals surface area contributed by atoms with Crippen molar-refractivity contribution in [3.63, 3.8) is 0 Å². The molecule has 7 heteroatoms. The van der Waals surface area contributed by atoms with Crippen molar-refractivity contribution in [1.82, 2.24) is 15.3 Å². The van der Waals surface area contributed by atoms with Gasteiger partial charge in [-0.2, -0.15) is 0 Å². The summed E-state index contributed by atoms with van der Waals surface area (Å²) in [6.07, 6.45) is 2.73. The van der Waals surface area contributed by atoms with Gasteiger partial charge < -0.3 is 14.6 Å². The van der Waals surface area contributed by atoms with Gasteiger partial charge in [0.1, 0.15) is 17.4 Å². The number of halogens is 1. The van der Waals surface area contributed by atoms with Gasteiger partial charge in [-0.05, 0) is 36.2 Å². The van der Waals surface area contributed by atoms with Gasteiger partial charge in [0.25, 0.3) is 0 Å². The number of rotatable bonds is 9. The Morgan fingerprint density at radius 2 is 2.10 bits per heavy atom. The van der Waals surface area contributed by atoms with Gasteiger partial charge in [0.15, 0.2) is 0 Å². The number of hydrogen-bond donors (Lipinski definition) is 1. The van der Waals surface area contributed by atoms with Crippen molar-refractivity contribution in [2.24, 2.45) is 5.92 Å². The van der Waals surface area contributed by atoms with Crippen molar-refractivity contribution in [3.8, 4) is 0 Å². The molecule has 1 amide bonds. The third kappa shape index (κ3) is 5.70. The molecule has 6 nitrogen and oxygen atoms in total. The third-order valence-electron chi connectivity index (χ3n) is 4.54. The van der Waals surface area contributed by atoms with Crippen LogP contribution in [0.1, 0.15) is 38.8 Å². The number of fused-ring (bicyclic) bond motifs is 1. The number of nitrogens with one attached hydrogen (secondary N) is 1. The van der Waals surface area contributed by atoms with Gasteiger partial charge in [-0.1, -0.05) is 32.4 Å². The zero-order valence-electron chi connectivity index (χ0n) is 17.1. The summed E-state index contributed by atoms with van der Waals surface area (Å²) in [4.78, 5) is 23.8. The average molecular weight is 415 g/mol. The first-order chi connectivity index (χ1) is 14.0. The summed E-state index contributed by atoms with van der Waals surface area (Å²) in [5.41, 5.74) is 0.799. The average Bonchev–Trinajstić information content (AvgIpc) is 3.21. The van der Waals surface area contributed by atoms with Crippen molar-refractivity contribution in [2.45, 2.75) is 40.2 Å². The van der Waals surface area contributed by atoms with Crippen LogP contribution in [-0.2, 0) is 17.8 Å². The normalized spacial score (nSPS) is 11.2. The zero-order valence-corrected chi connectivity index (χ0v) is 17.9. The summed E-state index contributed by atoms with van der Waals surface area (Å²) in [6, 6.07) is 9.40. The molecule has 1 N–H and O–H groups in total. The van der Waals surface area contributed by atoms with Crippen LogP contribution in [-0.4, -0.2) is 29.0 Å². The van der Waals surface area contributed by atoms with Crippen LogP contribution in [0.15, 0.2) is 41.0 Å². The molecule has 154 valence electrons. The number of carbonyl (C=O) groups is 1. The van der Waals surface area contributed by atoms with Crippen LogP contribution in [0, 0.1) is 5.92 Å². The molecule has 0 aliphatic heterocycles. The van der Waals surface area contributed by atoms with Gasteiger partial charge >= 0.3 is 0 Å². The van der Waals surface area contributed by atoms with E-state index in [9.17, 15) is 4.79 Å². The van der Waals surface area contributed by atoms with Crippen molar-refractivity contribution >= 4 is 34.2 Å². The summed E-state index contributed by atoms with van der Waals surface area (Å²) in [5, 5.41) is 4.51. The largest absolute Gasteiger partial charge is 0.467 e. The SMILES string of the molecule is CCc1nc(N(CCC(=O)NCC(C)C)Cc2ccco2)c2ccc(Cl)cc2n1. The molecule has 0 aliphatic rings. The molecule has 2 heterocycles. The molecule has 0 spiro atoms. The Morgan fingerprint density at radius 1 is 1.28 bits per heavy atom. The summed E-state index contributed by atoms with van der Waals surface area (Å²) in [7, 11) is 0. The Kier molecular flexibility index (Phi) is 7.09. The monoisotopic (exact) mass is 414 g/mol. The maximum Gasteiger partial charge on any atom is 0.221 e. The molecule has 29 heavy (non-hydrogen) atoms. The van der Waals surface area contributed by atoms with Crippen LogP contribution in [0.4, 0.5) is 5.82 Å². The number of amides is 1. The molecule has 0 bridgehead atoms. The van der Waals surface area contributed by atoms with Crippen LogP contribution < -0.4 is 10.2 Å². The Labute approximate surface area is 176 Å². The molecule has 0 unspecified atom stereocenters. The number of aryl methyl sites for hydroxylation is 1. The number of aromatic nitrogens is 2. The second kappa shape index (κ2) is 9.74. The van der Waals surface area contributed by atoms with Gasteiger partial charge in [-0.25, -0.2) is 9.97 Å². The number of hydrogen-bond acceptors (Lipinski definition) is 5. The van der Waals surface area contributed by atoms with E-state index in [-0.39, 0.29) is 5.91 Å². The summed E-state index contributed by atoms with van der Waals surface area (Å²) in [6.45, 7) is 7.88. The molecule has 1 aromatic carbocycles. The predicted octanol–water partition coefficient (Wildman–Crippen LogP) is 4.61. The lowest BCUT2D eigenvalue weighted by Gasteiger charge is -2.24. The lowest BCUT2D eigenvalue weighted by molar-refractivity contribution is -0.121. The Hall–Kier alpha value is -2.60. The quantitative estimate of drug-likeness (QED) is 0.553. The van der Waals surface area contributed by atoms with Crippen molar-refractivity contribution < 1.29 is 9.21 Å². The first kappa shape index (κ1) is 21.1. The van der Waals surface area contributed by atoms with E-state index in [1.165, 1.54) is 0 Å². The van der Waals surface area contributed by atoms with Crippen LogP contribution in [0.5, 0.6) is 0 Å². The molecule has 3 rings (SSSR count). The van der Waals surface area contributed by atoms with E-state index in [4.69, 9.17) is 21.0 Å². The Bertz CT molecular complexity index is 957. The Morgan fingerprint density at radius 3 is 2.79 bits per heavy atom. The Balaban J connectivity index is 1.91. The minimum Gasteiger partial charge on any atom is -0.467 e. The summed E-state index contributed by atoms with van der Waals surface area (Å²) >= 11 is 6.18. The van der Waals surface area contributed by atoms with Crippen LogP contribution in [0.3, 0.4) is 0 Å². The molecule has 3 aromatic rings. The van der Waals surface area contributed by atoms with E-state index < -0.39 is 0 Å². The minimum atomic E-state index is 0.0280. The van der Waals surface area contributed by atoms with Gasteiger partial charge in [-0.15, -0.1) is 0 Å². The van der Waals surface area contributed by atoms with E-state index in [0.717, 1.165) is 28.3 Å². The second-order valence-electron chi connectivity index (χ2n) is 7.43. The molecule has 0 saturated heterocycles. The van der Waals surface area contributed by atoms with E-state index in [1.807, 2.05) is 37.3 Å². The fraction of sp³-hybridized carbons (Fsp3) is 0.409. The third-order valence-corrected chi connectivity index (χ3v) is 4.78. The second-order valence-corrected chi connectivity index (χ2v) is 7.86.